The number of pyridine rings is 1. The van der Waals surface area contributed by atoms with E-state index in [1.54, 1.807) is 23.2 Å². The minimum atomic E-state index is -3.58. The summed E-state index contributed by atoms with van der Waals surface area (Å²) in [6.07, 6.45) is 3.67. The highest BCUT2D eigenvalue weighted by atomic mass is 32.2. The molecule has 0 spiro atoms. The summed E-state index contributed by atoms with van der Waals surface area (Å²) in [6, 6.07) is 10.7. The molecular weight excluding hydrogens is 418 g/mol. The number of fused-ring (bicyclic) bond motifs is 1. The van der Waals surface area contributed by atoms with E-state index in [2.05, 4.69) is 4.98 Å². The predicted octanol–water partition coefficient (Wildman–Crippen LogP) is 2.17. The maximum atomic E-state index is 13.1. The van der Waals surface area contributed by atoms with E-state index < -0.39 is 10.0 Å². The SMILES string of the molecule is CCN(CC1COc2ccccc2O1)C(=O)C1CCN(S(=O)(=O)c2cccnc2)CC1. The Hall–Kier alpha value is -2.65. The molecule has 8 nitrogen and oxygen atoms in total. The minimum Gasteiger partial charge on any atom is -0.486 e. The summed E-state index contributed by atoms with van der Waals surface area (Å²) < 4.78 is 38.8. The lowest BCUT2D eigenvalue weighted by molar-refractivity contribution is -0.138. The Kier molecular flexibility index (Phi) is 6.43. The van der Waals surface area contributed by atoms with Crippen molar-refractivity contribution in [3.63, 3.8) is 0 Å². The fraction of sp³-hybridized carbons (Fsp3) is 0.455. The average molecular weight is 446 g/mol. The first-order chi connectivity index (χ1) is 15.0. The lowest BCUT2D eigenvalue weighted by Crippen LogP contribution is -2.48. The van der Waals surface area contributed by atoms with Gasteiger partial charge in [-0.05, 0) is 44.0 Å². The third-order valence-corrected chi connectivity index (χ3v) is 7.64. The van der Waals surface area contributed by atoms with Gasteiger partial charge in [0.05, 0.1) is 6.54 Å². The van der Waals surface area contributed by atoms with Crippen molar-refractivity contribution in [2.24, 2.45) is 5.92 Å². The van der Waals surface area contributed by atoms with E-state index in [0.717, 1.165) is 5.75 Å². The van der Waals surface area contributed by atoms with E-state index in [0.29, 0.717) is 51.4 Å². The van der Waals surface area contributed by atoms with Crippen molar-refractivity contribution < 1.29 is 22.7 Å². The van der Waals surface area contributed by atoms with Crippen LogP contribution < -0.4 is 9.47 Å². The quantitative estimate of drug-likeness (QED) is 0.677. The predicted molar refractivity (Wildman–Crippen MR) is 114 cm³/mol. The molecule has 9 heteroatoms. The van der Waals surface area contributed by atoms with Crippen molar-refractivity contribution in [3.8, 4) is 11.5 Å². The number of para-hydroxylation sites is 2. The Morgan fingerprint density at radius 3 is 2.58 bits per heavy atom. The van der Waals surface area contributed by atoms with E-state index in [9.17, 15) is 13.2 Å². The molecule has 1 saturated heterocycles. The number of likely N-dealkylation sites (N-methyl/N-ethyl adjacent to an activating group) is 1. The second-order valence-electron chi connectivity index (χ2n) is 7.74. The molecule has 0 radical (unpaired) electrons. The Morgan fingerprint density at radius 1 is 1.16 bits per heavy atom. The van der Waals surface area contributed by atoms with Crippen LogP contribution in [0.1, 0.15) is 19.8 Å². The zero-order valence-electron chi connectivity index (χ0n) is 17.5. The zero-order valence-corrected chi connectivity index (χ0v) is 18.3. The van der Waals surface area contributed by atoms with Gasteiger partial charge in [-0.1, -0.05) is 12.1 Å². The second kappa shape index (κ2) is 9.23. The smallest absolute Gasteiger partial charge is 0.244 e. The van der Waals surface area contributed by atoms with Crippen LogP contribution in [0.4, 0.5) is 0 Å². The number of ether oxygens (including phenoxy) is 2. The van der Waals surface area contributed by atoms with E-state index in [-0.39, 0.29) is 22.8 Å². The first-order valence-electron chi connectivity index (χ1n) is 10.6. The Labute approximate surface area is 182 Å². The van der Waals surface area contributed by atoms with Gasteiger partial charge in [-0.15, -0.1) is 0 Å². The minimum absolute atomic E-state index is 0.0448. The van der Waals surface area contributed by atoms with Gasteiger partial charge in [-0.2, -0.15) is 4.31 Å². The highest BCUT2D eigenvalue weighted by molar-refractivity contribution is 7.89. The van der Waals surface area contributed by atoms with E-state index in [1.165, 1.54) is 10.5 Å². The number of hydrogen-bond acceptors (Lipinski definition) is 6. The zero-order chi connectivity index (χ0) is 21.8. The molecule has 3 heterocycles. The van der Waals surface area contributed by atoms with Crippen LogP contribution in [0, 0.1) is 5.92 Å². The van der Waals surface area contributed by atoms with Crippen LogP contribution in [0.15, 0.2) is 53.7 Å². The van der Waals surface area contributed by atoms with Crippen LogP contribution in [0.3, 0.4) is 0 Å². The van der Waals surface area contributed by atoms with Gasteiger partial charge in [0.25, 0.3) is 0 Å². The summed E-state index contributed by atoms with van der Waals surface area (Å²) in [5, 5.41) is 0. The Morgan fingerprint density at radius 2 is 1.90 bits per heavy atom. The lowest BCUT2D eigenvalue weighted by atomic mass is 9.96. The first-order valence-corrected chi connectivity index (χ1v) is 12.0. The number of piperidine rings is 1. The fourth-order valence-corrected chi connectivity index (χ4v) is 5.46. The third-order valence-electron chi connectivity index (χ3n) is 5.76. The summed E-state index contributed by atoms with van der Waals surface area (Å²) in [5.74, 6) is 1.26. The van der Waals surface area contributed by atoms with E-state index in [1.807, 2.05) is 31.2 Å². The van der Waals surface area contributed by atoms with Crippen molar-refractivity contribution in [2.45, 2.75) is 30.8 Å². The maximum Gasteiger partial charge on any atom is 0.244 e. The summed E-state index contributed by atoms with van der Waals surface area (Å²) in [6.45, 7) is 3.98. The van der Waals surface area contributed by atoms with Crippen LogP contribution in [0.2, 0.25) is 0 Å². The van der Waals surface area contributed by atoms with Crippen molar-refractivity contribution in [1.82, 2.24) is 14.2 Å². The topological polar surface area (TPSA) is 89.0 Å². The standard InChI is InChI=1S/C22H27N3O5S/c1-2-24(15-18-16-29-20-7-3-4-8-21(20)30-18)22(26)17-9-12-25(13-10-17)31(27,28)19-6-5-11-23-14-19/h3-8,11,14,17-18H,2,9-10,12-13,15-16H2,1H3. The molecule has 2 aromatic rings. The molecule has 166 valence electrons. The number of sulfonamides is 1. The molecule has 1 aromatic heterocycles. The lowest BCUT2D eigenvalue weighted by Gasteiger charge is -2.35. The molecule has 0 N–H and O–H groups in total. The van der Waals surface area contributed by atoms with Gasteiger partial charge in [0.15, 0.2) is 17.6 Å². The van der Waals surface area contributed by atoms with Gasteiger partial charge in [0.2, 0.25) is 15.9 Å². The Bertz CT molecular complexity index is 1010. The molecule has 1 fully saturated rings. The van der Waals surface area contributed by atoms with Gasteiger partial charge >= 0.3 is 0 Å². The van der Waals surface area contributed by atoms with Crippen molar-refractivity contribution in [1.29, 1.82) is 0 Å². The number of rotatable bonds is 6. The van der Waals surface area contributed by atoms with Crippen molar-refractivity contribution in [2.75, 3.05) is 32.8 Å². The van der Waals surface area contributed by atoms with Crippen LogP contribution >= 0.6 is 0 Å². The van der Waals surface area contributed by atoms with E-state index in [4.69, 9.17) is 9.47 Å². The van der Waals surface area contributed by atoms with Gasteiger partial charge in [-0.3, -0.25) is 9.78 Å². The molecule has 1 aromatic carbocycles. The molecular formula is C22H27N3O5S. The molecule has 1 amide bonds. The van der Waals surface area contributed by atoms with E-state index >= 15 is 0 Å². The summed E-state index contributed by atoms with van der Waals surface area (Å²) in [7, 11) is -3.58. The van der Waals surface area contributed by atoms with Crippen molar-refractivity contribution in [3.05, 3.63) is 48.8 Å². The highest BCUT2D eigenvalue weighted by Gasteiger charge is 2.34. The number of aromatic nitrogens is 1. The molecule has 0 saturated carbocycles. The third kappa shape index (κ3) is 4.67. The summed E-state index contributed by atoms with van der Waals surface area (Å²) >= 11 is 0. The van der Waals surface area contributed by atoms with Crippen LogP contribution in [0.5, 0.6) is 11.5 Å². The first kappa shape index (κ1) is 21.6. The average Bonchev–Trinajstić information content (AvgIpc) is 2.82. The summed E-state index contributed by atoms with van der Waals surface area (Å²) in [5.41, 5.74) is 0. The molecule has 1 atom stereocenters. The molecule has 4 rings (SSSR count). The van der Waals surface area contributed by atoms with Gasteiger partial charge in [0.1, 0.15) is 11.5 Å². The van der Waals surface area contributed by atoms with Gasteiger partial charge in [0, 0.05) is 37.9 Å². The summed E-state index contributed by atoms with van der Waals surface area (Å²) in [4.78, 5) is 19.0. The molecule has 1 unspecified atom stereocenters. The number of carbonyl (C=O) groups excluding carboxylic acids is 1. The fourth-order valence-electron chi connectivity index (χ4n) is 4.02. The molecule has 31 heavy (non-hydrogen) atoms. The highest BCUT2D eigenvalue weighted by Crippen LogP contribution is 2.31. The van der Waals surface area contributed by atoms with Crippen LogP contribution in [-0.4, -0.2) is 67.4 Å². The second-order valence-corrected chi connectivity index (χ2v) is 9.68. The Balaban J connectivity index is 1.34. The molecule has 0 bridgehead atoms. The normalized spacial score (nSPS) is 19.7. The van der Waals surface area contributed by atoms with Crippen LogP contribution in [-0.2, 0) is 14.8 Å². The number of hydrogen-bond donors (Lipinski definition) is 0. The monoisotopic (exact) mass is 445 g/mol. The number of carbonyl (C=O) groups is 1. The number of nitrogens with zero attached hydrogens (tertiary/aromatic N) is 3. The van der Waals surface area contributed by atoms with Crippen molar-refractivity contribution >= 4 is 15.9 Å². The molecule has 0 aliphatic carbocycles. The number of amides is 1. The van der Waals surface area contributed by atoms with Gasteiger partial charge < -0.3 is 14.4 Å². The molecule has 2 aliphatic rings. The largest absolute Gasteiger partial charge is 0.486 e. The van der Waals surface area contributed by atoms with Gasteiger partial charge in [-0.25, -0.2) is 8.42 Å². The molecule has 2 aliphatic heterocycles. The number of benzene rings is 1. The van der Waals surface area contributed by atoms with Crippen LogP contribution in [0.25, 0.3) is 0 Å². The maximum absolute atomic E-state index is 13.1.